The number of ether oxygens (including phenoxy) is 1. The molecule has 2 amide bonds. The third-order valence-corrected chi connectivity index (χ3v) is 6.29. The summed E-state index contributed by atoms with van der Waals surface area (Å²) in [6.07, 6.45) is -4.65. The molecule has 0 radical (unpaired) electrons. The maximum atomic E-state index is 14.0. The summed E-state index contributed by atoms with van der Waals surface area (Å²) >= 11 is 0. The highest BCUT2D eigenvalue weighted by Crippen LogP contribution is 2.42. The molecule has 1 aromatic heterocycles. The van der Waals surface area contributed by atoms with Crippen LogP contribution in [0.3, 0.4) is 0 Å². The summed E-state index contributed by atoms with van der Waals surface area (Å²) in [5, 5.41) is 9.20. The highest BCUT2D eigenvalue weighted by molar-refractivity contribution is 6.04. The van der Waals surface area contributed by atoms with Crippen molar-refractivity contribution < 1.29 is 36.7 Å². The molecule has 0 bridgehead atoms. The van der Waals surface area contributed by atoms with Crippen molar-refractivity contribution in [3.63, 3.8) is 0 Å². The number of urea groups is 1. The fraction of sp³-hybridized carbons (Fsp3) is 0.214. The molecule has 4 rings (SSSR count). The number of ketones is 1. The number of carbonyl (C=O) groups excluding carboxylic acids is 3. The molecule has 39 heavy (non-hydrogen) atoms. The molecule has 11 heteroatoms. The number of nitriles is 1. The normalized spacial score (nSPS) is 15.8. The topological polar surface area (TPSA) is 104 Å². The van der Waals surface area contributed by atoms with Crippen LogP contribution in [0, 0.1) is 11.3 Å². The summed E-state index contributed by atoms with van der Waals surface area (Å²) in [4.78, 5) is 41.2. The highest BCUT2D eigenvalue weighted by Gasteiger charge is 2.42. The van der Waals surface area contributed by atoms with E-state index >= 15 is 0 Å². The van der Waals surface area contributed by atoms with Crippen LogP contribution in [0.4, 0.5) is 23.7 Å². The number of hydrogen-bond acceptors (Lipinski definition) is 6. The van der Waals surface area contributed by atoms with Crippen LogP contribution in [0.5, 0.6) is 0 Å². The average molecular weight is 537 g/mol. The number of esters is 1. The Morgan fingerprint density at radius 1 is 1.10 bits per heavy atom. The SMILES string of the molecule is COC(=O)c1ccc(CN2C(=O)N(c3cccc(C(F)(F)F)c3)C(C)=C(C(C)=O)[C@H]2c2ccc(C#N)cc2)o1. The van der Waals surface area contributed by atoms with E-state index in [9.17, 15) is 32.8 Å². The van der Waals surface area contributed by atoms with E-state index < -0.39 is 35.6 Å². The molecule has 8 nitrogen and oxygen atoms in total. The monoisotopic (exact) mass is 537 g/mol. The molecule has 0 unspecified atom stereocenters. The molecule has 200 valence electrons. The largest absolute Gasteiger partial charge is 0.463 e. The number of alkyl halides is 3. The predicted molar refractivity (Wildman–Crippen MR) is 132 cm³/mol. The van der Waals surface area contributed by atoms with E-state index in [1.165, 1.54) is 62.3 Å². The zero-order valence-corrected chi connectivity index (χ0v) is 21.1. The molecule has 1 aliphatic heterocycles. The summed E-state index contributed by atoms with van der Waals surface area (Å²) in [7, 11) is 1.18. The average Bonchev–Trinajstić information content (AvgIpc) is 3.38. The summed E-state index contributed by atoms with van der Waals surface area (Å²) in [6.45, 7) is 2.56. The number of furan rings is 1. The van der Waals surface area contributed by atoms with Gasteiger partial charge in [0.15, 0.2) is 5.78 Å². The second-order valence-corrected chi connectivity index (χ2v) is 8.74. The van der Waals surface area contributed by atoms with Crippen LogP contribution >= 0.6 is 0 Å². The van der Waals surface area contributed by atoms with Crippen molar-refractivity contribution in [3.8, 4) is 6.07 Å². The van der Waals surface area contributed by atoms with E-state index in [4.69, 9.17) is 4.42 Å². The van der Waals surface area contributed by atoms with Gasteiger partial charge >= 0.3 is 18.2 Å². The van der Waals surface area contributed by atoms with Gasteiger partial charge in [0.05, 0.1) is 42.6 Å². The first-order valence-electron chi connectivity index (χ1n) is 11.6. The Morgan fingerprint density at radius 3 is 2.38 bits per heavy atom. The first-order chi connectivity index (χ1) is 18.5. The second-order valence-electron chi connectivity index (χ2n) is 8.74. The second kappa shape index (κ2) is 10.5. The Bertz CT molecular complexity index is 1520. The molecule has 0 saturated carbocycles. The lowest BCUT2D eigenvalue weighted by Crippen LogP contribution is -2.50. The van der Waals surface area contributed by atoms with Gasteiger partial charge in [0.2, 0.25) is 5.76 Å². The van der Waals surface area contributed by atoms with Crippen LogP contribution in [0.1, 0.15) is 52.9 Å². The maximum absolute atomic E-state index is 14.0. The molecular weight excluding hydrogens is 515 g/mol. The van der Waals surface area contributed by atoms with Crippen LogP contribution in [-0.4, -0.2) is 29.8 Å². The van der Waals surface area contributed by atoms with E-state index in [2.05, 4.69) is 4.74 Å². The molecule has 0 saturated heterocycles. The van der Waals surface area contributed by atoms with E-state index in [1.54, 1.807) is 12.1 Å². The Labute approximate surface area is 221 Å². The number of Topliss-reactive ketones (excluding diaryl/α,β-unsaturated/α-hetero) is 1. The van der Waals surface area contributed by atoms with Crippen LogP contribution in [0.25, 0.3) is 0 Å². The fourth-order valence-corrected chi connectivity index (χ4v) is 4.52. The number of amides is 2. The van der Waals surface area contributed by atoms with Crippen molar-refractivity contribution in [2.24, 2.45) is 0 Å². The third-order valence-electron chi connectivity index (χ3n) is 6.29. The summed E-state index contributed by atoms with van der Waals surface area (Å²) in [6, 6.07) is 13.7. The van der Waals surface area contributed by atoms with Crippen LogP contribution in [0.2, 0.25) is 0 Å². The number of hydrogen-bond donors (Lipinski definition) is 0. The molecule has 0 fully saturated rings. The highest BCUT2D eigenvalue weighted by atomic mass is 19.4. The van der Waals surface area contributed by atoms with E-state index in [1.807, 2.05) is 6.07 Å². The number of nitrogens with zero attached hydrogens (tertiary/aromatic N) is 3. The minimum Gasteiger partial charge on any atom is -0.463 e. The molecule has 0 spiro atoms. The Morgan fingerprint density at radius 2 is 1.79 bits per heavy atom. The molecule has 2 heterocycles. The maximum Gasteiger partial charge on any atom is 0.416 e. The summed E-state index contributed by atoms with van der Waals surface area (Å²) < 4.78 is 50.7. The van der Waals surface area contributed by atoms with Gasteiger partial charge in [0, 0.05) is 11.3 Å². The lowest BCUT2D eigenvalue weighted by molar-refractivity contribution is -0.137. The fourth-order valence-electron chi connectivity index (χ4n) is 4.52. The molecule has 0 N–H and O–H groups in total. The Balaban J connectivity index is 1.90. The van der Waals surface area contributed by atoms with Gasteiger partial charge in [-0.1, -0.05) is 18.2 Å². The first-order valence-corrected chi connectivity index (χ1v) is 11.6. The quantitative estimate of drug-likeness (QED) is 0.357. The van der Waals surface area contributed by atoms with Gasteiger partial charge < -0.3 is 14.1 Å². The van der Waals surface area contributed by atoms with Crippen LogP contribution in [-0.2, 0) is 22.3 Å². The van der Waals surface area contributed by atoms with Gasteiger partial charge in [0.1, 0.15) is 5.76 Å². The lowest BCUT2D eigenvalue weighted by atomic mass is 9.90. The van der Waals surface area contributed by atoms with Crippen LogP contribution in [0.15, 0.2) is 76.4 Å². The van der Waals surface area contributed by atoms with Crippen molar-refractivity contribution in [2.75, 3.05) is 12.0 Å². The number of rotatable bonds is 6. The lowest BCUT2D eigenvalue weighted by Gasteiger charge is -2.43. The smallest absolute Gasteiger partial charge is 0.416 e. The standard InChI is InChI=1S/C28H22F3N3O5/c1-16-24(17(2)35)25(19-9-7-18(14-32)8-10-19)33(15-22-11-12-23(39-22)26(36)38-3)27(37)34(16)21-6-4-5-20(13-21)28(29,30)31/h4-13,25H,15H2,1-3H3/t25-/m1/s1. The van der Waals surface area contributed by atoms with Gasteiger partial charge in [0.25, 0.3) is 0 Å². The summed E-state index contributed by atoms with van der Waals surface area (Å²) in [5.74, 6) is -1.08. The minimum atomic E-state index is -4.65. The van der Waals surface area contributed by atoms with E-state index in [0.29, 0.717) is 11.1 Å². The number of benzene rings is 2. The van der Waals surface area contributed by atoms with Gasteiger partial charge in [-0.25, -0.2) is 9.59 Å². The van der Waals surface area contributed by atoms with Gasteiger partial charge in [-0.2, -0.15) is 18.4 Å². The van der Waals surface area contributed by atoms with E-state index in [-0.39, 0.29) is 35.0 Å². The van der Waals surface area contributed by atoms with Crippen molar-refractivity contribution >= 4 is 23.5 Å². The van der Waals surface area contributed by atoms with Crippen molar-refractivity contribution in [2.45, 2.75) is 32.6 Å². The number of halogens is 3. The van der Waals surface area contributed by atoms with Crippen molar-refractivity contribution in [1.82, 2.24) is 4.90 Å². The van der Waals surface area contributed by atoms with Crippen molar-refractivity contribution in [1.29, 1.82) is 5.26 Å². The predicted octanol–water partition coefficient (Wildman–Crippen LogP) is 6.00. The Kier molecular flexibility index (Phi) is 7.31. The molecule has 1 aliphatic rings. The summed E-state index contributed by atoms with van der Waals surface area (Å²) in [5.41, 5.74) is 0.138. The molecular formula is C28H22F3N3O5. The minimum absolute atomic E-state index is 0.0796. The number of allylic oxidation sites excluding steroid dienone is 1. The first kappa shape index (κ1) is 27.2. The number of anilines is 1. The number of carbonyl (C=O) groups is 3. The van der Waals surface area contributed by atoms with Gasteiger partial charge in [-0.05, 0) is 61.9 Å². The molecule has 1 atom stereocenters. The molecule has 3 aromatic rings. The van der Waals surface area contributed by atoms with Gasteiger partial charge in [-0.3, -0.25) is 9.69 Å². The number of methoxy groups -OCH3 is 1. The van der Waals surface area contributed by atoms with Gasteiger partial charge in [-0.15, -0.1) is 0 Å². The Hall–Kier alpha value is -4.85. The van der Waals surface area contributed by atoms with Crippen LogP contribution < -0.4 is 4.90 Å². The van der Waals surface area contributed by atoms with Crippen molar-refractivity contribution in [3.05, 3.63) is 100 Å². The third kappa shape index (κ3) is 5.27. The molecule has 0 aliphatic carbocycles. The van der Waals surface area contributed by atoms with E-state index in [0.717, 1.165) is 17.0 Å². The zero-order chi connectivity index (χ0) is 28.5. The molecule has 2 aromatic carbocycles. The zero-order valence-electron chi connectivity index (χ0n) is 21.1.